The molecule has 18 nitrogen and oxygen atoms in total. The second-order valence-corrected chi connectivity index (χ2v) is 12.2. The van der Waals surface area contributed by atoms with E-state index in [4.69, 9.17) is 11.5 Å². The van der Waals surface area contributed by atoms with Crippen LogP contribution in [0.2, 0.25) is 0 Å². The Bertz CT molecular complexity index is 1320. The van der Waals surface area contributed by atoms with Crippen molar-refractivity contribution < 1.29 is 48.6 Å². The van der Waals surface area contributed by atoms with Crippen molar-refractivity contribution >= 4 is 59.1 Å². The number of unbranched alkanes of at least 4 members (excludes halogenated alkanes) is 1. The smallest absolute Gasteiger partial charge is 0.326 e. The highest BCUT2D eigenvalue weighted by atomic mass is 32.2. The standard InChI is InChI=1S/C31H48N8O10S/c1-18(35-28(45)21(11-13-50-2)36-25(41)17-34-24(40)16-33)27(44)38-22(15-26(42)43)30(47)37-20(10-6-7-12-32)29(46)39-23(31(48)49)14-19-8-4-3-5-9-19/h3-5,8-9,18,20-23H,6-7,10-17,32-33H2,1-2H3,(H,34,40)(H,35,45)(H,36,41)(H,37,47)(H,38,44)(H,39,46)(H,42,43)(H,48,49)/t18-,20-,21-,22-,23-/m0/s1. The zero-order chi connectivity index (χ0) is 37.6. The Hall–Kier alpha value is -4.75. The number of hydrogen-bond acceptors (Lipinski definition) is 11. The molecular formula is C31H48N8O10S. The van der Waals surface area contributed by atoms with Crippen LogP contribution in [0, 0.1) is 0 Å². The fraction of sp³-hybridized carbons (Fsp3) is 0.548. The van der Waals surface area contributed by atoms with Crippen LogP contribution in [0.15, 0.2) is 30.3 Å². The molecule has 0 aromatic heterocycles. The summed E-state index contributed by atoms with van der Waals surface area (Å²) in [5.41, 5.74) is 11.4. The first-order chi connectivity index (χ1) is 23.7. The molecule has 0 heterocycles. The normalized spacial score (nSPS) is 13.7. The number of carbonyl (C=O) groups is 8. The first-order valence-electron chi connectivity index (χ1n) is 15.9. The minimum Gasteiger partial charge on any atom is -0.481 e. The molecule has 19 heteroatoms. The number of thioether (sulfide) groups is 1. The van der Waals surface area contributed by atoms with Gasteiger partial charge in [0.25, 0.3) is 0 Å². The van der Waals surface area contributed by atoms with E-state index in [2.05, 4.69) is 31.9 Å². The molecule has 1 aromatic carbocycles. The molecule has 5 atom stereocenters. The predicted molar refractivity (Wildman–Crippen MR) is 183 cm³/mol. The monoisotopic (exact) mass is 724 g/mol. The molecule has 0 aliphatic heterocycles. The van der Waals surface area contributed by atoms with Crippen molar-refractivity contribution in [2.75, 3.05) is 31.6 Å². The summed E-state index contributed by atoms with van der Waals surface area (Å²) in [6, 6.07) is 1.82. The number of carbonyl (C=O) groups excluding carboxylic acids is 6. The molecular weight excluding hydrogens is 676 g/mol. The van der Waals surface area contributed by atoms with E-state index in [9.17, 15) is 48.6 Å². The summed E-state index contributed by atoms with van der Waals surface area (Å²) >= 11 is 1.40. The molecule has 1 aromatic rings. The number of amides is 6. The van der Waals surface area contributed by atoms with Gasteiger partial charge in [0.05, 0.1) is 19.5 Å². The third kappa shape index (κ3) is 17.1. The lowest BCUT2D eigenvalue weighted by atomic mass is 10.0. The molecule has 12 N–H and O–H groups in total. The zero-order valence-electron chi connectivity index (χ0n) is 28.1. The van der Waals surface area contributed by atoms with Crippen LogP contribution in [-0.4, -0.2) is 119 Å². The zero-order valence-corrected chi connectivity index (χ0v) is 28.9. The number of hydrogen-bond donors (Lipinski definition) is 10. The SMILES string of the molecule is CSCC[C@H](NC(=O)CNC(=O)CN)C(=O)N[C@@H](C)C(=O)N[C@@H](CC(=O)O)C(=O)N[C@@H](CCCCN)C(=O)N[C@@H](Cc1ccccc1)C(=O)O. The number of carboxylic acid groups (broad SMARTS) is 2. The van der Waals surface area contributed by atoms with E-state index in [0.29, 0.717) is 24.2 Å². The molecule has 0 saturated heterocycles. The van der Waals surface area contributed by atoms with Crippen molar-refractivity contribution in [1.82, 2.24) is 31.9 Å². The molecule has 6 amide bonds. The highest BCUT2D eigenvalue weighted by molar-refractivity contribution is 7.98. The lowest BCUT2D eigenvalue weighted by Gasteiger charge is -2.25. The molecule has 0 fully saturated rings. The molecule has 0 bridgehead atoms. The van der Waals surface area contributed by atoms with Gasteiger partial charge in [0.15, 0.2) is 0 Å². The second-order valence-electron chi connectivity index (χ2n) is 11.2. The van der Waals surface area contributed by atoms with Gasteiger partial charge in [0.1, 0.15) is 30.2 Å². The maximum absolute atomic E-state index is 13.3. The van der Waals surface area contributed by atoms with Crippen LogP contribution in [0.3, 0.4) is 0 Å². The average molecular weight is 725 g/mol. The van der Waals surface area contributed by atoms with E-state index < -0.39 is 90.6 Å². The minimum atomic E-state index is -1.69. The molecule has 1 rings (SSSR count). The van der Waals surface area contributed by atoms with Gasteiger partial charge >= 0.3 is 11.9 Å². The van der Waals surface area contributed by atoms with E-state index in [-0.39, 0.29) is 32.4 Å². The Labute approximate surface area is 294 Å². The van der Waals surface area contributed by atoms with Crippen LogP contribution < -0.4 is 43.4 Å². The maximum Gasteiger partial charge on any atom is 0.326 e. The predicted octanol–water partition coefficient (Wildman–Crippen LogP) is -2.81. The van der Waals surface area contributed by atoms with Gasteiger partial charge in [-0.05, 0) is 56.7 Å². The molecule has 0 spiro atoms. The van der Waals surface area contributed by atoms with Gasteiger partial charge < -0.3 is 53.6 Å². The molecule has 0 aliphatic carbocycles. The van der Waals surface area contributed by atoms with Crippen molar-refractivity contribution in [3.8, 4) is 0 Å². The number of carboxylic acids is 2. The Morgan fingerprint density at radius 2 is 1.30 bits per heavy atom. The third-order valence-electron chi connectivity index (χ3n) is 7.13. The summed E-state index contributed by atoms with van der Waals surface area (Å²) in [5.74, 6) is -7.13. The van der Waals surface area contributed by atoms with Crippen molar-refractivity contribution in [2.24, 2.45) is 11.5 Å². The number of benzene rings is 1. The summed E-state index contributed by atoms with van der Waals surface area (Å²) in [4.78, 5) is 99.8. The first kappa shape index (κ1) is 43.3. The van der Waals surface area contributed by atoms with Gasteiger partial charge in [-0.1, -0.05) is 30.3 Å². The topological polar surface area (TPSA) is 301 Å². The van der Waals surface area contributed by atoms with Gasteiger partial charge in [-0.25, -0.2) is 4.79 Å². The maximum atomic E-state index is 13.3. The molecule has 0 aliphatic rings. The highest BCUT2D eigenvalue weighted by Gasteiger charge is 2.32. The van der Waals surface area contributed by atoms with Gasteiger partial charge in [0, 0.05) is 6.42 Å². The molecule has 0 unspecified atom stereocenters. The Kier molecular flexibility index (Phi) is 20.4. The summed E-state index contributed by atoms with van der Waals surface area (Å²) in [7, 11) is 0. The van der Waals surface area contributed by atoms with E-state index in [0.717, 1.165) is 0 Å². The molecule has 0 radical (unpaired) electrons. The largest absolute Gasteiger partial charge is 0.481 e. The quantitative estimate of drug-likeness (QED) is 0.0482. The van der Waals surface area contributed by atoms with E-state index in [1.165, 1.54) is 18.7 Å². The summed E-state index contributed by atoms with van der Waals surface area (Å²) < 4.78 is 0. The van der Waals surface area contributed by atoms with Gasteiger partial charge in [0.2, 0.25) is 35.4 Å². The summed E-state index contributed by atoms with van der Waals surface area (Å²) in [5, 5.41) is 33.5. The van der Waals surface area contributed by atoms with Crippen LogP contribution in [0.5, 0.6) is 0 Å². The average Bonchev–Trinajstić information content (AvgIpc) is 3.07. The number of aliphatic carboxylic acids is 2. The summed E-state index contributed by atoms with van der Waals surface area (Å²) in [6.45, 7) is 0.789. The van der Waals surface area contributed by atoms with E-state index in [1.807, 2.05) is 0 Å². The lowest BCUT2D eigenvalue weighted by Crippen LogP contribution is -2.59. The minimum absolute atomic E-state index is 0.0334. The number of nitrogens with one attached hydrogen (secondary N) is 6. The van der Waals surface area contributed by atoms with Crippen molar-refractivity contribution in [2.45, 2.75) is 75.7 Å². The molecule has 0 saturated carbocycles. The van der Waals surface area contributed by atoms with Gasteiger partial charge in [-0.3, -0.25) is 33.6 Å². The van der Waals surface area contributed by atoms with Crippen LogP contribution in [0.1, 0.15) is 44.6 Å². The number of nitrogens with two attached hydrogens (primary N) is 2. The van der Waals surface area contributed by atoms with Gasteiger partial charge in [-0.15, -0.1) is 0 Å². The number of rotatable bonds is 24. The van der Waals surface area contributed by atoms with E-state index in [1.54, 1.807) is 36.6 Å². The Balaban J connectivity index is 3.04. The van der Waals surface area contributed by atoms with Crippen LogP contribution in [-0.2, 0) is 44.8 Å². The van der Waals surface area contributed by atoms with Crippen molar-refractivity contribution in [3.05, 3.63) is 35.9 Å². The van der Waals surface area contributed by atoms with Crippen LogP contribution >= 0.6 is 11.8 Å². The molecule has 278 valence electrons. The fourth-order valence-corrected chi connectivity index (χ4v) is 4.89. The highest BCUT2D eigenvalue weighted by Crippen LogP contribution is 2.08. The Morgan fingerprint density at radius 3 is 1.88 bits per heavy atom. The Morgan fingerprint density at radius 1 is 0.720 bits per heavy atom. The first-order valence-corrected chi connectivity index (χ1v) is 17.3. The summed E-state index contributed by atoms with van der Waals surface area (Å²) in [6.07, 6.45) is 1.89. The third-order valence-corrected chi connectivity index (χ3v) is 7.78. The second kappa shape index (κ2) is 23.6. The lowest BCUT2D eigenvalue weighted by molar-refractivity contribution is -0.143. The van der Waals surface area contributed by atoms with Crippen LogP contribution in [0.25, 0.3) is 0 Å². The fourth-order valence-electron chi connectivity index (χ4n) is 4.42. The van der Waals surface area contributed by atoms with Crippen LogP contribution in [0.4, 0.5) is 0 Å². The van der Waals surface area contributed by atoms with Gasteiger partial charge in [-0.2, -0.15) is 11.8 Å². The van der Waals surface area contributed by atoms with Crippen molar-refractivity contribution in [3.63, 3.8) is 0 Å². The van der Waals surface area contributed by atoms with Crippen molar-refractivity contribution in [1.29, 1.82) is 0 Å². The molecule has 50 heavy (non-hydrogen) atoms. The van der Waals surface area contributed by atoms with E-state index >= 15 is 0 Å².